The molecule has 2 amide bonds. The summed E-state index contributed by atoms with van der Waals surface area (Å²) in [5.74, 6) is -1.14. The summed E-state index contributed by atoms with van der Waals surface area (Å²) in [5.41, 5.74) is -0.475. The Kier molecular flexibility index (Phi) is 6.22. The van der Waals surface area contributed by atoms with Gasteiger partial charge in [-0.25, -0.2) is 9.48 Å². The predicted molar refractivity (Wildman–Crippen MR) is 85.5 cm³/mol. The van der Waals surface area contributed by atoms with Gasteiger partial charge in [-0.2, -0.15) is 8.78 Å². The van der Waals surface area contributed by atoms with Crippen LogP contribution in [0.5, 0.6) is 5.75 Å². The molecular weight excluding hydrogens is 378 g/mol. The molecule has 13 heteroatoms. The summed E-state index contributed by atoms with van der Waals surface area (Å²) in [6.07, 6.45) is -0.955. The normalized spacial score (nSPS) is 10.5. The molecule has 1 aromatic heterocycles. The minimum atomic E-state index is -3.17. The summed E-state index contributed by atoms with van der Waals surface area (Å²) in [4.78, 5) is 24.0. The molecule has 0 aliphatic carbocycles. The van der Waals surface area contributed by atoms with E-state index < -0.39 is 24.4 Å². The first-order valence-electron chi connectivity index (χ1n) is 7.08. The van der Waals surface area contributed by atoms with E-state index in [1.807, 2.05) is 0 Å². The fourth-order valence-corrected chi connectivity index (χ4v) is 2.11. The summed E-state index contributed by atoms with van der Waals surface area (Å²) in [7, 11) is 1.49. The largest absolute Gasteiger partial charge is 0.450 e. The fraction of sp³-hybridized carbons (Fsp3) is 0.308. The van der Waals surface area contributed by atoms with Crippen LogP contribution in [0.3, 0.4) is 0 Å². The zero-order valence-electron chi connectivity index (χ0n) is 13.5. The molecule has 26 heavy (non-hydrogen) atoms. The lowest BCUT2D eigenvalue weighted by Crippen LogP contribution is -2.19. The van der Waals surface area contributed by atoms with Crippen LogP contribution >= 0.6 is 11.6 Å². The zero-order valence-corrected chi connectivity index (χ0v) is 14.3. The Balaban J connectivity index is 2.36. The molecule has 0 fully saturated rings. The molecule has 10 nitrogen and oxygen atoms in total. The third-order valence-corrected chi connectivity index (χ3v) is 3.30. The highest BCUT2D eigenvalue weighted by Gasteiger charge is 2.22. The second kappa shape index (κ2) is 8.38. The zero-order chi connectivity index (χ0) is 19.3. The second-order valence-electron chi connectivity index (χ2n) is 4.60. The molecule has 0 aliphatic heterocycles. The fourth-order valence-electron chi connectivity index (χ4n) is 1.82. The predicted octanol–water partition coefficient (Wildman–Crippen LogP) is 2.29. The van der Waals surface area contributed by atoms with E-state index in [1.165, 1.54) is 11.7 Å². The van der Waals surface area contributed by atoms with Crippen molar-refractivity contribution in [3.63, 3.8) is 0 Å². The maximum absolute atomic E-state index is 12.6. The Morgan fingerprint density at radius 3 is 2.65 bits per heavy atom. The molecular formula is C13H13ClF2N6O4. The first-order valence-corrected chi connectivity index (χ1v) is 7.46. The van der Waals surface area contributed by atoms with Crippen LogP contribution < -0.4 is 15.4 Å². The number of anilines is 2. The maximum atomic E-state index is 12.6. The molecule has 140 valence electrons. The van der Waals surface area contributed by atoms with Crippen molar-refractivity contribution in [2.75, 3.05) is 17.2 Å². The third-order valence-electron chi connectivity index (χ3n) is 2.91. The number of rotatable bonds is 6. The minimum absolute atomic E-state index is 0.0267. The number of halogens is 3. The molecule has 0 aliphatic rings. The lowest BCUT2D eigenvalue weighted by atomic mass is 10.1. The average molecular weight is 391 g/mol. The van der Waals surface area contributed by atoms with Crippen LogP contribution in [-0.2, 0) is 11.8 Å². The summed E-state index contributed by atoms with van der Waals surface area (Å²) in [5, 5.41) is 14.7. The van der Waals surface area contributed by atoms with Crippen molar-refractivity contribution in [2.45, 2.75) is 13.5 Å². The number of aryl methyl sites for hydroxylation is 1. The van der Waals surface area contributed by atoms with Crippen molar-refractivity contribution in [2.24, 2.45) is 7.05 Å². The lowest BCUT2D eigenvalue weighted by molar-refractivity contribution is -0.0493. The van der Waals surface area contributed by atoms with E-state index in [1.54, 1.807) is 6.92 Å². The van der Waals surface area contributed by atoms with E-state index in [2.05, 4.69) is 35.6 Å². The number of amides is 2. The van der Waals surface area contributed by atoms with Crippen molar-refractivity contribution in [1.82, 2.24) is 20.2 Å². The number of nitrogens with one attached hydrogen (secondary N) is 2. The number of alkyl halides is 2. The molecule has 2 aromatic rings. The smallest absolute Gasteiger partial charge is 0.411 e. The van der Waals surface area contributed by atoms with E-state index in [4.69, 9.17) is 11.6 Å². The standard InChI is InChI=1S/C13H13ClF2N6O4/c1-3-25-13(24)17-9-7(26-11(15)16)5-4-6(8(9)14)10(23)18-12-19-20-21-22(12)2/h4-5,11H,3H2,1-2H3,(H,17,24)(H,18,19,21,23). The quantitative estimate of drug-likeness (QED) is 0.776. The second-order valence-corrected chi connectivity index (χ2v) is 4.98. The lowest BCUT2D eigenvalue weighted by Gasteiger charge is -2.15. The van der Waals surface area contributed by atoms with E-state index in [0.717, 1.165) is 12.1 Å². The van der Waals surface area contributed by atoms with Crippen molar-refractivity contribution in [1.29, 1.82) is 0 Å². The van der Waals surface area contributed by atoms with Gasteiger partial charge in [-0.3, -0.25) is 15.4 Å². The minimum Gasteiger partial charge on any atom is -0.450 e. The number of ether oxygens (including phenoxy) is 2. The van der Waals surface area contributed by atoms with Gasteiger partial charge in [0, 0.05) is 7.05 Å². The van der Waals surface area contributed by atoms with Crippen LogP contribution in [0.4, 0.5) is 25.2 Å². The van der Waals surface area contributed by atoms with Gasteiger partial charge in [0.25, 0.3) is 5.91 Å². The highest BCUT2D eigenvalue weighted by atomic mass is 35.5. The molecule has 2 rings (SSSR count). The van der Waals surface area contributed by atoms with Gasteiger partial charge in [0.2, 0.25) is 5.95 Å². The molecule has 0 saturated carbocycles. The van der Waals surface area contributed by atoms with Crippen LogP contribution in [-0.4, -0.2) is 45.4 Å². The molecule has 1 heterocycles. The van der Waals surface area contributed by atoms with Crippen molar-refractivity contribution in [3.05, 3.63) is 22.7 Å². The molecule has 1 aromatic carbocycles. The highest BCUT2D eigenvalue weighted by Crippen LogP contribution is 2.36. The number of tetrazole rings is 1. The Morgan fingerprint density at radius 2 is 2.08 bits per heavy atom. The molecule has 0 radical (unpaired) electrons. The molecule has 0 bridgehead atoms. The first kappa shape index (κ1) is 19.3. The van der Waals surface area contributed by atoms with Crippen LogP contribution in [0.25, 0.3) is 0 Å². The summed E-state index contributed by atoms with van der Waals surface area (Å²) >= 11 is 6.10. The molecule has 0 atom stereocenters. The third kappa shape index (κ3) is 4.53. The van der Waals surface area contributed by atoms with Gasteiger partial charge in [-0.1, -0.05) is 16.7 Å². The van der Waals surface area contributed by atoms with Gasteiger partial charge < -0.3 is 9.47 Å². The maximum Gasteiger partial charge on any atom is 0.411 e. The van der Waals surface area contributed by atoms with Crippen LogP contribution in [0.15, 0.2) is 12.1 Å². The number of hydrogen-bond acceptors (Lipinski definition) is 7. The Morgan fingerprint density at radius 1 is 1.35 bits per heavy atom. The van der Waals surface area contributed by atoms with Crippen LogP contribution in [0, 0.1) is 0 Å². The molecule has 2 N–H and O–H groups in total. The summed E-state index contributed by atoms with van der Waals surface area (Å²) in [6.45, 7) is -1.58. The molecule has 0 unspecified atom stereocenters. The van der Waals surface area contributed by atoms with Gasteiger partial charge in [-0.15, -0.1) is 0 Å². The number of carbonyl (C=O) groups excluding carboxylic acids is 2. The monoisotopic (exact) mass is 390 g/mol. The van der Waals surface area contributed by atoms with Crippen LogP contribution in [0.1, 0.15) is 17.3 Å². The summed E-state index contributed by atoms with van der Waals surface area (Å²) in [6, 6.07) is 2.21. The van der Waals surface area contributed by atoms with Gasteiger partial charge >= 0.3 is 12.7 Å². The van der Waals surface area contributed by atoms with E-state index in [-0.39, 0.29) is 28.8 Å². The molecule has 0 saturated heterocycles. The molecule has 0 spiro atoms. The van der Waals surface area contributed by atoms with Gasteiger partial charge in [0.1, 0.15) is 5.69 Å². The number of benzene rings is 1. The number of aromatic nitrogens is 4. The van der Waals surface area contributed by atoms with Crippen molar-refractivity contribution >= 4 is 35.2 Å². The van der Waals surface area contributed by atoms with Gasteiger partial charge in [-0.05, 0) is 29.5 Å². The number of nitrogens with zero attached hydrogens (tertiary/aromatic N) is 4. The summed E-state index contributed by atoms with van der Waals surface area (Å²) < 4.78 is 35.3. The first-order chi connectivity index (χ1) is 12.3. The number of hydrogen-bond donors (Lipinski definition) is 2. The van der Waals surface area contributed by atoms with E-state index in [0.29, 0.717) is 0 Å². The van der Waals surface area contributed by atoms with Crippen LogP contribution in [0.2, 0.25) is 5.02 Å². The van der Waals surface area contributed by atoms with Crippen molar-refractivity contribution < 1.29 is 27.8 Å². The topological polar surface area (TPSA) is 120 Å². The number of carbonyl (C=O) groups is 2. The van der Waals surface area contributed by atoms with E-state index in [9.17, 15) is 18.4 Å². The van der Waals surface area contributed by atoms with Crippen molar-refractivity contribution in [3.8, 4) is 5.75 Å². The Hall–Kier alpha value is -3.02. The Bertz CT molecular complexity index is 816. The Labute approximate surface area is 150 Å². The van der Waals surface area contributed by atoms with Gasteiger partial charge in [0.05, 0.1) is 17.2 Å². The highest BCUT2D eigenvalue weighted by molar-refractivity contribution is 6.37. The van der Waals surface area contributed by atoms with E-state index >= 15 is 0 Å². The average Bonchev–Trinajstić information content (AvgIpc) is 2.95. The SMILES string of the molecule is CCOC(=O)Nc1c(OC(F)F)ccc(C(=O)Nc2nnnn2C)c1Cl. The van der Waals surface area contributed by atoms with Gasteiger partial charge in [0.15, 0.2) is 5.75 Å².